The molecule has 1 saturated carbocycles. The summed E-state index contributed by atoms with van der Waals surface area (Å²) in [4.78, 5) is 25.5. The molecule has 1 aliphatic carbocycles. The fourth-order valence-corrected chi connectivity index (χ4v) is 2.61. The van der Waals surface area contributed by atoms with Crippen molar-refractivity contribution in [1.29, 1.82) is 0 Å². The molecule has 0 heterocycles. The van der Waals surface area contributed by atoms with Gasteiger partial charge in [0.2, 0.25) is 5.91 Å². The molecule has 0 radical (unpaired) electrons. The van der Waals surface area contributed by atoms with Crippen LogP contribution in [0.3, 0.4) is 0 Å². The standard InChI is InChI=1S/C14H26N2O3/c1-3-16(2)10-9-15-12(17)11-14(13(18)19)7-5-4-6-8-14/h3-11H2,1-2H3,(H,15,17)(H,18,19). The zero-order valence-corrected chi connectivity index (χ0v) is 12.1. The molecule has 110 valence electrons. The Kier molecular flexibility index (Phi) is 6.28. The van der Waals surface area contributed by atoms with Crippen LogP contribution in [0.1, 0.15) is 45.4 Å². The summed E-state index contributed by atoms with van der Waals surface area (Å²) in [6, 6.07) is 0. The van der Waals surface area contributed by atoms with E-state index in [1.165, 1.54) is 0 Å². The van der Waals surface area contributed by atoms with E-state index >= 15 is 0 Å². The summed E-state index contributed by atoms with van der Waals surface area (Å²) >= 11 is 0. The summed E-state index contributed by atoms with van der Waals surface area (Å²) in [7, 11) is 1.99. The third-order valence-corrected chi connectivity index (χ3v) is 4.12. The fraction of sp³-hybridized carbons (Fsp3) is 0.857. The van der Waals surface area contributed by atoms with Crippen LogP contribution in [0.15, 0.2) is 0 Å². The van der Waals surface area contributed by atoms with Gasteiger partial charge in [0.05, 0.1) is 5.41 Å². The van der Waals surface area contributed by atoms with E-state index in [1.54, 1.807) is 0 Å². The number of carbonyl (C=O) groups excluding carboxylic acids is 1. The van der Waals surface area contributed by atoms with Gasteiger partial charge in [-0.3, -0.25) is 9.59 Å². The van der Waals surface area contributed by atoms with Gasteiger partial charge in [0.1, 0.15) is 0 Å². The highest BCUT2D eigenvalue weighted by Gasteiger charge is 2.41. The number of nitrogens with zero attached hydrogens (tertiary/aromatic N) is 1. The molecule has 1 aliphatic rings. The maximum atomic E-state index is 11.9. The molecular formula is C14H26N2O3. The monoisotopic (exact) mass is 270 g/mol. The van der Waals surface area contributed by atoms with E-state index in [2.05, 4.69) is 17.1 Å². The smallest absolute Gasteiger partial charge is 0.310 e. The van der Waals surface area contributed by atoms with Crippen LogP contribution in [-0.4, -0.2) is 48.6 Å². The van der Waals surface area contributed by atoms with Gasteiger partial charge in [0.25, 0.3) is 0 Å². The summed E-state index contributed by atoms with van der Waals surface area (Å²) in [5.74, 6) is -0.943. The van der Waals surface area contributed by atoms with Crippen molar-refractivity contribution in [2.24, 2.45) is 5.41 Å². The number of amides is 1. The Hall–Kier alpha value is -1.10. The average molecular weight is 270 g/mol. The molecule has 19 heavy (non-hydrogen) atoms. The highest BCUT2D eigenvalue weighted by molar-refractivity contribution is 5.85. The second kappa shape index (κ2) is 7.48. The Morgan fingerprint density at radius 1 is 1.26 bits per heavy atom. The van der Waals surface area contributed by atoms with Crippen LogP contribution in [0.5, 0.6) is 0 Å². The molecule has 0 aromatic rings. The Morgan fingerprint density at radius 2 is 1.89 bits per heavy atom. The van der Waals surface area contributed by atoms with Crippen LogP contribution < -0.4 is 5.32 Å². The SMILES string of the molecule is CCN(C)CCNC(=O)CC1(C(=O)O)CCCCC1. The van der Waals surface area contributed by atoms with Crippen LogP contribution in [0.25, 0.3) is 0 Å². The first kappa shape index (κ1) is 16.0. The largest absolute Gasteiger partial charge is 0.481 e. The van der Waals surface area contributed by atoms with Crippen LogP contribution in [-0.2, 0) is 9.59 Å². The minimum absolute atomic E-state index is 0.123. The number of carbonyl (C=O) groups is 2. The van der Waals surface area contributed by atoms with Crippen LogP contribution >= 0.6 is 0 Å². The maximum Gasteiger partial charge on any atom is 0.310 e. The molecule has 0 saturated heterocycles. The van der Waals surface area contributed by atoms with E-state index in [1.807, 2.05) is 7.05 Å². The minimum Gasteiger partial charge on any atom is -0.481 e. The predicted molar refractivity (Wildman–Crippen MR) is 74.0 cm³/mol. The molecular weight excluding hydrogens is 244 g/mol. The van der Waals surface area contributed by atoms with Gasteiger partial charge in [0.15, 0.2) is 0 Å². The Balaban J connectivity index is 2.42. The van der Waals surface area contributed by atoms with Crippen molar-refractivity contribution in [3.05, 3.63) is 0 Å². The third-order valence-electron chi connectivity index (χ3n) is 4.12. The van der Waals surface area contributed by atoms with Gasteiger partial charge < -0.3 is 15.3 Å². The molecule has 0 aliphatic heterocycles. The van der Waals surface area contributed by atoms with E-state index in [4.69, 9.17) is 0 Å². The fourth-order valence-electron chi connectivity index (χ4n) is 2.61. The van der Waals surface area contributed by atoms with Gasteiger partial charge >= 0.3 is 5.97 Å². The molecule has 0 unspecified atom stereocenters. The van der Waals surface area contributed by atoms with Crippen LogP contribution in [0.2, 0.25) is 0 Å². The maximum absolute atomic E-state index is 11.9. The van der Waals surface area contributed by atoms with E-state index < -0.39 is 11.4 Å². The lowest BCUT2D eigenvalue weighted by Crippen LogP contribution is -2.40. The quantitative estimate of drug-likeness (QED) is 0.735. The summed E-state index contributed by atoms with van der Waals surface area (Å²) in [5, 5.41) is 12.2. The molecule has 0 aromatic carbocycles. The molecule has 5 nitrogen and oxygen atoms in total. The third kappa shape index (κ3) is 4.82. The zero-order valence-electron chi connectivity index (χ0n) is 12.1. The highest BCUT2D eigenvalue weighted by atomic mass is 16.4. The van der Waals surface area contributed by atoms with E-state index in [-0.39, 0.29) is 12.3 Å². The van der Waals surface area contributed by atoms with Crippen molar-refractivity contribution in [1.82, 2.24) is 10.2 Å². The Morgan fingerprint density at radius 3 is 2.42 bits per heavy atom. The second-order valence-electron chi connectivity index (χ2n) is 5.57. The number of aliphatic carboxylic acids is 1. The lowest BCUT2D eigenvalue weighted by atomic mass is 9.71. The number of carboxylic acid groups (broad SMARTS) is 1. The van der Waals surface area contributed by atoms with E-state index in [9.17, 15) is 14.7 Å². The number of nitrogens with one attached hydrogen (secondary N) is 1. The lowest BCUT2D eigenvalue weighted by Gasteiger charge is -2.32. The molecule has 1 fully saturated rings. The van der Waals surface area contributed by atoms with Gasteiger partial charge in [-0.2, -0.15) is 0 Å². The van der Waals surface area contributed by atoms with Gasteiger partial charge in [-0.25, -0.2) is 0 Å². The minimum atomic E-state index is -0.820. The topological polar surface area (TPSA) is 69.6 Å². The van der Waals surface area contributed by atoms with Gasteiger partial charge in [-0.1, -0.05) is 26.2 Å². The molecule has 5 heteroatoms. The average Bonchev–Trinajstić information content (AvgIpc) is 2.39. The predicted octanol–water partition coefficient (Wildman–Crippen LogP) is 1.48. The van der Waals surface area contributed by atoms with Crippen molar-refractivity contribution in [2.45, 2.75) is 45.4 Å². The van der Waals surface area contributed by atoms with Crippen molar-refractivity contribution in [3.63, 3.8) is 0 Å². The normalized spacial score (nSPS) is 18.3. The number of hydrogen-bond donors (Lipinski definition) is 2. The molecule has 0 spiro atoms. The number of carboxylic acids is 1. The molecule has 1 amide bonds. The highest BCUT2D eigenvalue weighted by Crippen LogP contribution is 2.39. The number of likely N-dealkylation sites (N-methyl/N-ethyl adjacent to an activating group) is 1. The number of rotatable bonds is 7. The zero-order chi connectivity index (χ0) is 14.3. The molecule has 0 aromatic heterocycles. The van der Waals surface area contributed by atoms with Crippen molar-refractivity contribution in [3.8, 4) is 0 Å². The second-order valence-corrected chi connectivity index (χ2v) is 5.57. The first-order valence-electron chi connectivity index (χ1n) is 7.19. The van der Waals surface area contributed by atoms with Crippen LogP contribution in [0.4, 0.5) is 0 Å². The first-order valence-corrected chi connectivity index (χ1v) is 7.19. The lowest BCUT2D eigenvalue weighted by molar-refractivity contribution is -0.154. The summed E-state index contributed by atoms with van der Waals surface area (Å²) in [6.45, 7) is 4.37. The van der Waals surface area contributed by atoms with Crippen molar-refractivity contribution < 1.29 is 14.7 Å². The Labute approximate surface area is 115 Å². The van der Waals surface area contributed by atoms with E-state index in [0.29, 0.717) is 19.4 Å². The molecule has 2 N–H and O–H groups in total. The van der Waals surface area contributed by atoms with Crippen molar-refractivity contribution >= 4 is 11.9 Å². The van der Waals surface area contributed by atoms with Gasteiger partial charge in [-0.15, -0.1) is 0 Å². The summed E-state index contributed by atoms with van der Waals surface area (Å²) < 4.78 is 0. The summed E-state index contributed by atoms with van der Waals surface area (Å²) in [5.41, 5.74) is -0.820. The summed E-state index contributed by atoms with van der Waals surface area (Å²) in [6.07, 6.45) is 4.29. The number of hydrogen-bond acceptors (Lipinski definition) is 3. The van der Waals surface area contributed by atoms with Crippen molar-refractivity contribution in [2.75, 3.05) is 26.7 Å². The van der Waals surface area contributed by atoms with Gasteiger partial charge in [-0.05, 0) is 26.4 Å². The van der Waals surface area contributed by atoms with E-state index in [0.717, 1.165) is 32.4 Å². The molecule has 0 atom stereocenters. The first-order chi connectivity index (χ1) is 9.00. The molecule has 1 rings (SSSR count). The van der Waals surface area contributed by atoms with Crippen LogP contribution in [0, 0.1) is 5.41 Å². The molecule has 0 bridgehead atoms. The Bertz CT molecular complexity index is 312. The van der Waals surface area contributed by atoms with Gasteiger partial charge in [0, 0.05) is 19.5 Å².